The summed E-state index contributed by atoms with van der Waals surface area (Å²) < 4.78 is 0. The molecule has 0 bridgehead atoms. The molecule has 3 nitrogen and oxygen atoms in total. The molecule has 0 aliphatic heterocycles. The molecule has 0 saturated carbocycles. The van der Waals surface area contributed by atoms with E-state index < -0.39 is 0 Å². The fourth-order valence-corrected chi connectivity index (χ4v) is 1.50. The van der Waals surface area contributed by atoms with Gasteiger partial charge in [0, 0.05) is 17.2 Å². The number of nitrogens with zero attached hydrogens (tertiary/aromatic N) is 1. The zero-order chi connectivity index (χ0) is 10.6. The third kappa shape index (κ3) is 3.22. The Balaban J connectivity index is 2.66. The van der Waals surface area contributed by atoms with Gasteiger partial charge in [-0.1, -0.05) is 29.5 Å². The van der Waals surface area contributed by atoms with E-state index in [0.29, 0.717) is 0 Å². The number of aryl methyl sites for hydroxylation is 1. The van der Waals surface area contributed by atoms with Crippen LogP contribution in [0.4, 0.5) is 0 Å². The highest BCUT2D eigenvalue weighted by atomic mass is 32.2. The van der Waals surface area contributed by atoms with Crippen molar-refractivity contribution in [2.75, 3.05) is 0 Å². The van der Waals surface area contributed by atoms with Crippen LogP contribution in [-0.2, 0) is 0 Å². The summed E-state index contributed by atoms with van der Waals surface area (Å²) in [6.07, 6.45) is 0. The van der Waals surface area contributed by atoms with Gasteiger partial charge in [-0.2, -0.15) is 0 Å². The fourth-order valence-electron chi connectivity index (χ4n) is 0.813. The fraction of sp³-hybridized carbons (Fsp3) is 0.200. The van der Waals surface area contributed by atoms with Crippen molar-refractivity contribution >= 4 is 11.8 Å². The lowest BCUT2D eigenvalue weighted by atomic mass is 10.2. The molecule has 0 amide bonds. The van der Waals surface area contributed by atoms with Gasteiger partial charge in [0.2, 0.25) is 5.70 Å². The average molecular weight is 209 g/mol. The van der Waals surface area contributed by atoms with E-state index in [9.17, 15) is 10.1 Å². The van der Waals surface area contributed by atoms with Crippen LogP contribution in [0, 0.1) is 17.0 Å². The van der Waals surface area contributed by atoms with Gasteiger partial charge >= 0.3 is 0 Å². The molecular formula is C10H11NO2S. The first-order chi connectivity index (χ1) is 6.59. The van der Waals surface area contributed by atoms with Crippen LogP contribution >= 0.6 is 11.8 Å². The molecule has 0 fully saturated rings. The summed E-state index contributed by atoms with van der Waals surface area (Å²) in [5.41, 5.74) is 1.35. The van der Waals surface area contributed by atoms with Crippen molar-refractivity contribution in [3.05, 3.63) is 51.0 Å². The minimum absolute atomic E-state index is 0.163. The molecule has 4 heteroatoms. The van der Waals surface area contributed by atoms with E-state index in [-0.39, 0.29) is 10.6 Å². The quantitative estimate of drug-likeness (QED) is 0.436. The summed E-state index contributed by atoms with van der Waals surface area (Å²) in [6, 6.07) is 7.86. The second-order valence-corrected chi connectivity index (χ2v) is 3.89. The lowest BCUT2D eigenvalue weighted by molar-refractivity contribution is -0.424. The highest BCUT2D eigenvalue weighted by molar-refractivity contribution is 8.02. The van der Waals surface area contributed by atoms with Crippen LogP contribution in [0.3, 0.4) is 0 Å². The van der Waals surface area contributed by atoms with Gasteiger partial charge in [-0.25, -0.2) is 0 Å². The maximum Gasteiger partial charge on any atom is 0.249 e. The Hall–Kier alpha value is -1.29. The Labute approximate surface area is 87.0 Å². The lowest BCUT2D eigenvalue weighted by Gasteiger charge is -1.96. The molecule has 0 saturated heterocycles. The number of nitro groups is 1. The van der Waals surface area contributed by atoms with E-state index in [0.717, 1.165) is 4.90 Å². The van der Waals surface area contributed by atoms with E-state index in [4.69, 9.17) is 0 Å². The third-order valence-electron chi connectivity index (χ3n) is 1.67. The third-order valence-corrected chi connectivity index (χ3v) is 2.68. The molecule has 1 aromatic rings. The van der Waals surface area contributed by atoms with Crippen molar-refractivity contribution < 1.29 is 4.92 Å². The minimum atomic E-state index is -0.388. The Kier molecular flexibility index (Phi) is 3.71. The SMILES string of the molecule is C/C(=C\Sc1ccc(C)cc1)[N+](=O)[O-]. The van der Waals surface area contributed by atoms with Crippen LogP contribution in [0.1, 0.15) is 12.5 Å². The Morgan fingerprint density at radius 1 is 1.43 bits per heavy atom. The standard InChI is InChI=1S/C10H11NO2S/c1-8-3-5-10(6-4-8)14-7-9(2)11(12)13/h3-7H,1-2H3/b9-7+. The molecule has 0 heterocycles. The van der Waals surface area contributed by atoms with Crippen LogP contribution in [0.5, 0.6) is 0 Å². The van der Waals surface area contributed by atoms with Gasteiger partial charge in [0.1, 0.15) is 0 Å². The first-order valence-electron chi connectivity index (χ1n) is 4.14. The number of thioether (sulfide) groups is 1. The summed E-state index contributed by atoms with van der Waals surface area (Å²) in [6.45, 7) is 3.49. The number of rotatable bonds is 3. The molecule has 0 radical (unpaired) electrons. The van der Waals surface area contributed by atoms with Gasteiger partial charge in [-0.05, 0) is 19.1 Å². The molecule has 74 valence electrons. The minimum Gasteiger partial charge on any atom is -0.259 e. The number of allylic oxidation sites excluding steroid dienone is 1. The van der Waals surface area contributed by atoms with Crippen molar-refractivity contribution in [3.8, 4) is 0 Å². The normalized spacial score (nSPS) is 11.4. The van der Waals surface area contributed by atoms with Gasteiger partial charge < -0.3 is 0 Å². The highest BCUT2D eigenvalue weighted by Crippen LogP contribution is 2.20. The second kappa shape index (κ2) is 4.81. The second-order valence-electron chi connectivity index (χ2n) is 2.95. The van der Waals surface area contributed by atoms with Crippen molar-refractivity contribution in [2.24, 2.45) is 0 Å². The first-order valence-corrected chi connectivity index (χ1v) is 5.02. The van der Waals surface area contributed by atoms with Crippen LogP contribution in [0.15, 0.2) is 40.3 Å². The van der Waals surface area contributed by atoms with E-state index in [1.54, 1.807) is 5.41 Å². The van der Waals surface area contributed by atoms with Crippen LogP contribution in [-0.4, -0.2) is 4.92 Å². The number of benzene rings is 1. The van der Waals surface area contributed by atoms with E-state index in [1.165, 1.54) is 24.2 Å². The summed E-state index contributed by atoms with van der Waals surface area (Å²) in [5.74, 6) is 0. The van der Waals surface area contributed by atoms with E-state index in [2.05, 4.69) is 0 Å². The first kappa shape index (κ1) is 10.8. The molecule has 14 heavy (non-hydrogen) atoms. The van der Waals surface area contributed by atoms with Gasteiger partial charge in [-0.3, -0.25) is 10.1 Å². The highest BCUT2D eigenvalue weighted by Gasteiger charge is 2.00. The van der Waals surface area contributed by atoms with Crippen molar-refractivity contribution in [2.45, 2.75) is 18.7 Å². The van der Waals surface area contributed by atoms with E-state index >= 15 is 0 Å². The van der Waals surface area contributed by atoms with Gasteiger partial charge in [0.15, 0.2) is 0 Å². The molecule has 0 aliphatic rings. The Morgan fingerprint density at radius 3 is 2.50 bits per heavy atom. The van der Waals surface area contributed by atoms with Gasteiger partial charge in [0.05, 0.1) is 4.92 Å². The van der Waals surface area contributed by atoms with Crippen LogP contribution < -0.4 is 0 Å². The zero-order valence-corrected chi connectivity index (χ0v) is 8.88. The molecule has 1 rings (SSSR count). The average Bonchev–Trinajstić information content (AvgIpc) is 2.16. The van der Waals surface area contributed by atoms with Crippen LogP contribution in [0.25, 0.3) is 0 Å². The lowest BCUT2D eigenvalue weighted by Crippen LogP contribution is -1.91. The summed E-state index contributed by atoms with van der Waals surface area (Å²) in [4.78, 5) is 10.9. The Morgan fingerprint density at radius 2 is 2.00 bits per heavy atom. The summed E-state index contributed by atoms with van der Waals surface area (Å²) >= 11 is 1.36. The largest absolute Gasteiger partial charge is 0.259 e. The van der Waals surface area contributed by atoms with Crippen LogP contribution in [0.2, 0.25) is 0 Å². The maximum atomic E-state index is 10.3. The zero-order valence-electron chi connectivity index (χ0n) is 8.06. The molecular weight excluding hydrogens is 198 g/mol. The molecule has 0 aromatic heterocycles. The molecule has 0 atom stereocenters. The Bertz CT molecular complexity index is 357. The smallest absolute Gasteiger partial charge is 0.249 e. The monoisotopic (exact) mass is 209 g/mol. The number of hydrogen-bond donors (Lipinski definition) is 0. The van der Waals surface area contributed by atoms with Crippen molar-refractivity contribution in [3.63, 3.8) is 0 Å². The van der Waals surface area contributed by atoms with E-state index in [1.807, 2.05) is 31.2 Å². The molecule has 0 N–H and O–H groups in total. The summed E-state index contributed by atoms with van der Waals surface area (Å²) in [5, 5.41) is 11.8. The van der Waals surface area contributed by atoms with Crippen molar-refractivity contribution in [1.29, 1.82) is 0 Å². The van der Waals surface area contributed by atoms with Gasteiger partial charge in [-0.15, -0.1) is 0 Å². The molecule has 1 aromatic carbocycles. The topological polar surface area (TPSA) is 43.1 Å². The molecule has 0 unspecified atom stereocenters. The number of hydrogen-bond acceptors (Lipinski definition) is 3. The maximum absolute atomic E-state index is 10.3. The predicted octanol–water partition coefficient (Wildman–Crippen LogP) is 3.23. The van der Waals surface area contributed by atoms with Crippen molar-refractivity contribution in [1.82, 2.24) is 0 Å². The molecule has 0 spiro atoms. The van der Waals surface area contributed by atoms with Gasteiger partial charge in [0.25, 0.3) is 0 Å². The molecule has 0 aliphatic carbocycles. The predicted molar refractivity (Wildman–Crippen MR) is 57.8 cm³/mol. The summed E-state index contributed by atoms with van der Waals surface area (Å²) in [7, 11) is 0.